The summed E-state index contributed by atoms with van der Waals surface area (Å²) in [6.07, 6.45) is 3.94. The predicted octanol–water partition coefficient (Wildman–Crippen LogP) is 2.19. The predicted molar refractivity (Wildman–Crippen MR) is 111 cm³/mol. The number of nitrogens with two attached hydrogens (primary N) is 1. The Balaban J connectivity index is 1.45. The molecule has 8 nitrogen and oxygen atoms in total. The molecule has 162 valence electrons. The summed E-state index contributed by atoms with van der Waals surface area (Å²) in [6, 6.07) is 1.54. The third-order valence-corrected chi connectivity index (χ3v) is 7.59. The second kappa shape index (κ2) is 7.37. The van der Waals surface area contributed by atoms with E-state index in [4.69, 9.17) is 10.5 Å². The van der Waals surface area contributed by atoms with Crippen LogP contribution in [0.2, 0.25) is 0 Å². The number of primary amides is 1. The van der Waals surface area contributed by atoms with Gasteiger partial charge in [0.05, 0.1) is 11.0 Å². The van der Waals surface area contributed by atoms with E-state index in [0.717, 1.165) is 32.1 Å². The van der Waals surface area contributed by atoms with Crippen molar-refractivity contribution in [2.45, 2.75) is 64.0 Å². The van der Waals surface area contributed by atoms with Gasteiger partial charge >= 0.3 is 5.97 Å². The Kier molecular flexibility index (Phi) is 5.12. The summed E-state index contributed by atoms with van der Waals surface area (Å²) in [4.78, 5) is 49.0. The minimum atomic E-state index is -1.01. The molecular weight excluding hydrogens is 406 g/mol. The van der Waals surface area contributed by atoms with E-state index in [9.17, 15) is 19.2 Å². The van der Waals surface area contributed by atoms with Crippen LogP contribution in [0.25, 0.3) is 0 Å². The highest BCUT2D eigenvalue weighted by atomic mass is 32.1. The molecule has 0 radical (unpaired) electrons. The zero-order valence-electron chi connectivity index (χ0n) is 17.2. The van der Waals surface area contributed by atoms with Gasteiger partial charge in [0, 0.05) is 12.5 Å². The van der Waals surface area contributed by atoms with Crippen molar-refractivity contribution in [2.75, 3.05) is 5.32 Å². The third kappa shape index (κ3) is 3.71. The highest BCUT2D eigenvalue weighted by molar-refractivity contribution is 7.14. The number of anilines is 1. The Morgan fingerprint density at radius 1 is 1.20 bits per heavy atom. The molecule has 4 N–H and O–H groups in total. The SMILES string of the molecule is CC(=O)NC12C[C@H]3C[C@@H](C1)CC(C(=O)O[C@H](C)C(=O)Nc1sccc1C(N)=O)(C3)C2. The number of nitrogens with one attached hydrogen (secondary N) is 2. The summed E-state index contributed by atoms with van der Waals surface area (Å²) < 4.78 is 5.62. The van der Waals surface area contributed by atoms with Crippen molar-refractivity contribution in [3.63, 3.8) is 0 Å². The summed E-state index contributed by atoms with van der Waals surface area (Å²) >= 11 is 1.18. The first kappa shape index (κ1) is 20.8. The number of hydrogen-bond donors (Lipinski definition) is 3. The van der Waals surface area contributed by atoms with Crippen LogP contribution in [0, 0.1) is 17.3 Å². The maximum atomic E-state index is 13.2. The fraction of sp³-hybridized carbons (Fsp3) is 0.619. The molecule has 9 heteroatoms. The molecule has 5 atom stereocenters. The molecule has 0 saturated heterocycles. The van der Waals surface area contributed by atoms with Gasteiger partial charge in [0.15, 0.2) is 6.10 Å². The maximum absolute atomic E-state index is 13.2. The van der Waals surface area contributed by atoms with Crippen LogP contribution in [0.15, 0.2) is 11.4 Å². The van der Waals surface area contributed by atoms with Crippen molar-refractivity contribution in [3.05, 3.63) is 17.0 Å². The minimum Gasteiger partial charge on any atom is -0.452 e. The molecule has 0 spiro atoms. The van der Waals surface area contributed by atoms with Gasteiger partial charge in [-0.05, 0) is 68.7 Å². The fourth-order valence-corrected chi connectivity index (χ4v) is 6.97. The third-order valence-electron chi connectivity index (χ3n) is 6.76. The van der Waals surface area contributed by atoms with Gasteiger partial charge in [-0.3, -0.25) is 19.2 Å². The normalized spacial score (nSPS) is 32.3. The van der Waals surface area contributed by atoms with Crippen LogP contribution >= 0.6 is 11.3 Å². The molecule has 30 heavy (non-hydrogen) atoms. The molecule has 0 aliphatic heterocycles. The molecule has 1 aromatic heterocycles. The highest BCUT2D eigenvalue weighted by Crippen LogP contribution is 2.62. The van der Waals surface area contributed by atoms with Gasteiger partial charge < -0.3 is 21.1 Å². The van der Waals surface area contributed by atoms with Crippen molar-refractivity contribution >= 4 is 40.0 Å². The lowest BCUT2D eigenvalue weighted by Crippen LogP contribution is -2.65. The van der Waals surface area contributed by atoms with Crippen molar-refractivity contribution in [3.8, 4) is 0 Å². The number of hydrogen-bond acceptors (Lipinski definition) is 6. The second-order valence-electron chi connectivity index (χ2n) is 9.27. The highest BCUT2D eigenvalue weighted by Gasteiger charge is 2.61. The molecule has 1 heterocycles. The van der Waals surface area contributed by atoms with Crippen LogP contribution in [-0.2, 0) is 19.1 Å². The number of esters is 1. The van der Waals surface area contributed by atoms with Gasteiger partial charge in [-0.15, -0.1) is 11.3 Å². The summed E-state index contributed by atoms with van der Waals surface area (Å²) in [5.74, 6) is -0.801. The van der Waals surface area contributed by atoms with Gasteiger partial charge in [-0.25, -0.2) is 0 Å². The largest absolute Gasteiger partial charge is 0.452 e. The number of carbonyl (C=O) groups is 4. The van der Waals surface area contributed by atoms with Crippen molar-refractivity contribution in [1.29, 1.82) is 0 Å². The van der Waals surface area contributed by atoms with Crippen LogP contribution in [-0.4, -0.2) is 35.3 Å². The van der Waals surface area contributed by atoms with Crippen LogP contribution in [0.5, 0.6) is 0 Å². The Labute approximate surface area is 178 Å². The molecule has 4 saturated carbocycles. The summed E-state index contributed by atoms with van der Waals surface area (Å²) in [5, 5.41) is 7.75. The minimum absolute atomic E-state index is 0.0746. The fourth-order valence-electron chi connectivity index (χ4n) is 6.17. The molecule has 4 aliphatic rings. The standard InChI is InChI=1S/C21H27N3O5S/c1-11(17(27)23-18-15(16(22)26)3-4-30-18)29-19(28)20-6-13-5-14(7-20)9-21(8-13,10-20)24-12(2)25/h3-4,11,13-14H,5-10H2,1-2H3,(H2,22,26)(H,23,27)(H,24,25)/t11-,13-,14+,20?,21?/m1/s1. The van der Waals surface area contributed by atoms with E-state index in [1.807, 2.05) is 0 Å². The van der Waals surface area contributed by atoms with Gasteiger partial charge in [-0.1, -0.05) is 0 Å². The Bertz CT molecular complexity index is 896. The number of amides is 3. The quantitative estimate of drug-likeness (QED) is 0.593. The van der Waals surface area contributed by atoms with E-state index in [0.29, 0.717) is 23.3 Å². The average molecular weight is 434 g/mol. The van der Waals surface area contributed by atoms with E-state index in [1.165, 1.54) is 31.3 Å². The van der Waals surface area contributed by atoms with E-state index < -0.39 is 23.3 Å². The first-order valence-corrected chi connectivity index (χ1v) is 11.2. The van der Waals surface area contributed by atoms with Crippen LogP contribution in [0.4, 0.5) is 5.00 Å². The van der Waals surface area contributed by atoms with Crippen LogP contribution in [0.3, 0.4) is 0 Å². The van der Waals surface area contributed by atoms with E-state index in [-0.39, 0.29) is 23.0 Å². The zero-order valence-corrected chi connectivity index (χ0v) is 18.0. The lowest BCUT2D eigenvalue weighted by atomic mass is 9.47. The van der Waals surface area contributed by atoms with Gasteiger partial charge in [0.1, 0.15) is 5.00 Å². The molecule has 1 aromatic rings. The molecular formula is C21H27N3O5S. The van der Waals surface area contributed by atoms with Crippen molar-refractivity contribution in [1.82, 2.24) is 5.32 Å². The smallest absolute Gasteiger partial charge is 0.312 e. The lowest BCUT2D eigenvalue weighted by molar-refractivity contribution is -0.181. The molecule has 0 aromatic carbocycles. The summed E-state index contributed by atoms with van der Waals surface area (Å²) in [6.45, 7) is 3.04. The summed E-state index contributed by atoms with van der Waals surface area (Å²) in [7, 11) is 0. The number of thiophene rings is 1. The summed E-state index contributed by atoms with van der Waals surface area (Å²) in [5.41, 5.74) is 4.55. The molecule has 2 unspecified atom stereocenters. The van der Waals surface area contributed by atoms with E-state index >= 15 is 0 Å². The topological polar surface area (TPSA) is 128 Å². The Morgan fingerprint density at radius 2 is 1.87 bits per heavy atom. The molecule has 5 rings (SSSR count). The molecule has 4 aliphatic carbocycles. The van der Waals surface area contributed by atoms with E-state index in [1.54, 1.807) is 5.38 Å². The van der Waals surface area contributed by atoms with Gasteiger partial charge in [0.25, 0.3) is 11.8 Å². The monoisotopic (exact) mass is 433 g/mol. The zero-order chi connectivity index (χ0) is 21.7. The van der Waals surface area contributed by atoms with Crippen molar-refractivity contribution in [2.24, 2.45) is 23.0 Å². The van der Waals surface area contributed by atoms with E-state index in [2.05, 4.69) is 10.6 Å². The number of ether oxygens (including phenoxy) is 1. The molecule has 3 amide bonds. The van der Waals surface area contributed by atoms with Gasteiger partial charge in [0.2, 0.25) is 5.91 Å². The van der Waals surface area contributed by atoms with Crippen LogP contribution < -0.4 is 16.4 Å². The van der Waals surface area contributed by atoms with Crippen LogP contribution in [0.1, 0.15) is 62.7 Å². The average Bonchev–Trinajstić information content (AvgIpc) is 3.07. The molecule has 4 fully saturated rings. The lowest BCUT2D eigenvalue weighted by Gasteiger charge is -2.60. The number of rotatable bonds is 6. The Hall–Kier alpha value is -2.42. The second-order valence-corrected chi connectivity index (χ2v) is 10.2. The Morgan fingerprint density at radius 3 is 2.47 bits per heavy atom. The first-order chi connectivity index (χ1) is 14.1. The first-order valence-electron chi connectivity index (χ1n) is 10.3. The van der Waals surface area contributed by atoms with Crippen molar-refractivity contribution < 1.29 is 23.9 Å². The number of carbonyl (C=O) groups excluding carboxylic acids is 4. The molecule has 4 bridgehead atoms. The van der Waals surface area contributed by atoms with Gasteiger partial charge in [-0.2, -0.15) is 0 Å². The maximum Gasteiger partial charge on any atom is 0.312 e.